The highest BCUT2D eigenvalue weighted by Gasteiger charge is 2.06. The number of fused-ring (bicyclic) bond motifs is 1. The molecule has 0 bridgehead atoms. The van der Waals surface area contributed by atoms with Gasteiger partial charge in [-0.15, -0.1) is 0 Å². The van der Waals surface area contributed by atoms with E-state index in [-0.39, 0.29) is 0 Å². The topological polar surface area (TPSA) is 55.6 Å². The average molecular weight is 239 g/mol. The monoisotopic (exact) mass is 239 g/mol. The van der Waals surface area contributed by atoms with Crippen molar-refractivity contribution in [3.8, 4) is 0 Å². The normalized spacial score (nSPS) is 10.7. The predicted molar refractivity (Wildman–Crippen MR) is 70.1 cm³/mol. The maximum Gasteiger partial charge on any atom is 0.154 e. The number of nitrogens with one attached hydrogen (secondary N) is 1. The summed E-state index contributed by atoms with van der Waals surface area (Å²) in [4.78, 5) is 12.9. The molecule has 3 aromatic heterocycles. The third-order valence-electron chi connectivity index (χ3n) is 2.81. The van der Waals surface area contributed by atoms with E-state index in [0.29, 0.717) is 6.54 Å². The molecule has 5 nitrogen and oxygen atoms in total. The van der Waals surface area contributed by atoms with Crippen molar-refractivity contribution >= 4 is 16.9 Å². The Morgan fingerprint density at radius 1 is 1.11 bits per heavy atom. The predicted octanol–water partition coefficient (Wildman–Crippen LogP) is 1.98. The van der Waals surface area contributed by atoms with E-state index in [9.17, 15) is 0 Å². The summed E-state index contributed by atoms with van der Waals surface area (Å²) < 4.78 is 1.98. The first kappa shape index (κ1) is 10.7. The van der Waals surface area contributed by atoms with Gasteiger partial charge in [-0.2, -0.15) is 0 Å². The van der Waals surface area contributed by atoms with Gasteiger partial charge in [-0.3, -0.25) is 4.98 Å². The number of rotatable bonds is 3. The van der Waals surface area contributed by atoms with Crippen molar-refractivity contribution in [3.05, 3.63) is 48.7 Å². The van der Waals surface area contributed by atoms with Crippen LogP contribution in [-0.4, -0.2) is 19.5 Å². The minimum Gasteiger partial charge on any atom is -0.363 e. The lowest BCUT2D eigenvalue weighted by Crippen LogP contribution is -2.03. The van der Waals surface area contributed by atoms with Crippen molar-refractivity contribution in [1.29, 1.82) is 0 Å². The molecule has 3 aromatic rings. The highest BCUT2D eigenvalue weighted by atomic mass is 15.1. The molecular formula is C13H13N5. The smallest absolute Gasteiger partial charge is 0.154 e. The van der Waals surface area contributed by atoms with E-state index in [1.807, 2.05) is 35.9 Å². The van der Waals surface area contributed by atoms with Crippen LogP contribution in [-0.2, 0) is 13.6 Å². The van der Waals surface area contributed by atoms with Gasteiger partial charge in [-0.05, 0) is 18.2 Å². The van der Waals surface area contributed by atoms with Crippen LogP contribution in [0.4, 0.5) is 5.82 Å². The van der Waals surface area contributed by atoms with Gasteiger partial charge in [0, 0.05) is 19.4 Å². The van der Waals surface area contributed by atoms with Crippen molar-refractivity contribution in [3.63, 3.8) is 0 Å². The maximum absolute atomic E-state index is 4.35. The molecule has 0 saturated heterocycles. The van der Waals surface area contributed by atoms with Gasteiger partial charge in [0.25, 0.3) is 0 Å². The molecule has 0 aliphatic heterocycles. The highest BCUT2D eigenvalue weighted by Crippen LogP contribution is 2.18. The first-order valence-corrected chi connectivity index (χ1v) is 5.74. The molecule has 1 N–H and O–H groups in total. The van der Waals surface area contributed by atoms with Crippen molar-refractivity contribution in [2.75, 3.05) is 5.32 Å². The van der Waals surface area contributed by atoms with Gasteiger partial charge in [-0.1, -0.05) is 6.07 Å². The zero-order chi connectivity index (χ0) is 12.4. The van der Waals surface area contributed by atoms with Gasteiger partial charge < -0.3 is 9.88 Å². The number of nitrogens with zero attached hydrogens (tertiary/aromatic N) is 4. The molecule has 0 aliphatic carbocycles. The molecule has 3 heterocycles. The SMILES string of the molecule is Cn1cnc2c(NCc3ccccn3)nccc21. The minimum absolute atomic E-state index is 0.642. The number of anilines is 1. The molecule has 18 heavy (non-hydrogen) atoms. The summed E-state index contributed by atoms with van der Waals surface area (Å²) in [5, 5.41) is 3.27. The molecule has 0 amide bonds. The Balaban J connectivity index is 1.87. The molecule has 0 atom stereocenters. The molecule has 0 fully saturated rings. The van der Waals surface area contributed by atoms with Crippen LogP contribution in [0.1, 0.15) is 5.69 Å². The second-order valence-electron chi connectivity index (χ2n) is 4.06. The van der Waals surface area contributed by atoms with Crippen molar-refractivity contribution in [1.82, 2.24) is 19.5 Å². The second-order valence-corrected chi connectivity index (χ2v) is 4.06. The first-order chi connectivity index (χ1) is 8.84. The molecule has 3 rings (SSSR count). The largest absolute Gasteiger partial charge is 0.363 e. The van der Waals surface area contributed by atoms with Crippen molar-refractivity contribution in [2.45, 2.75) is 6.54 Å². The zero-order valence-corrected chi connectivity index (χ0v) is 10.0. The van der Waals surface area contributed by atoms with E-state index < -0.39 is 0 Å². The Kier molecular flexibility index (Phi) is 2.64. The molecule has 5 heteroatoms. The van der Waals surface area contributed by atoms with Crippen LogP contribution in [0.25, 0.3) is 11.0 Å². The minimum atomic E-state index is 0.642. The number of aromatic nitrogens is 4. The van der Waals surface area contributed by atoms with Crippen LogP contribution < -0.4 is 5.32 Å². The number of aryl methyl sites for hydroxylation is 1. The number of hydrogen-bond acceptors (Lipinski definition) is 4. The summed E-state index contributed by atoms with van der Waals surface area (Å²) in [5.74, 6) is 0.791. The quantitative estimate of drug-likeness (QED) is 0.759. The maximum atomic E-state index is 4.35. The van der Waals surface area contributed by atoms with E-state index in [1.54, 1.807) is 18.7 Å². The summed E-state index contributed by atoms with van der Waals surface area (Å²) in [6.07, 6.45) is 5.36. The van der Waals surface area contributed by atoms with Crippen molar-refractivity contribution in [2.24, 2.45) is 7.05 Å². The van der Waals surface area contributed by atoms with Crippen LogP contribution in [0, 0.1) is 0 Å². The first-order valence-electron chi connectivity index (χ1n) is 5.74. The van der Waals surface area contributed by atoms with Gasteiger partial charge >= 0.3 is 0 Å². The van der Waals surface area contributed by atoms with E-state index in [4.69, 9.17) is 0 Å². The number of imidazole rings is 1. The summed E-state index contributed by atoms with van der Waals surface area (Å²) in [7, 11) is 1.97. The molecule has 0 unspecified atom stereocenters. The molecule has 0 radical (unpaired) electrons. The third-order valence-corrected chi connectivity index (χ3v) is 2.81. The number of hydrogen-bond donors (Lipinski definition) is 1. The van der Waals surface area contributed by atoms with Crippen LogP contribution in [0.3, 0.4) is 0 Å². The standard InChI is InChI=1S/C13H13N5/c1-18-9-17-12-11(18)5-7-15-13(12)16-8-10-4-2-3-6-14-10/h2-7,9H,8H2,1H3,(H,15,16). The van der Waals surface area contributed by atoms with Gasteiger partial charge in [0.05, 0.1) is 24.1 Å². The van der Waals surface area contributed by atoms with Crippen LogP contribution in [0.5, 0.6) is 0 Å². The average Bonchev–Trinajstić information content (AvgIpc) is 2.80. The Morgan fingerprint density at radius 2 is 2.06 bits per heavy atom. The lowest BCUT2D eigenvalue weighted by Gasteiger charge is -2.05. The lowest BCUT2D eigenvalue weighted by atomic mass is 10.3. The van der Waals surface area contributed by atoms with E-state index >= 15 is 0 Å². The van der Waals surface area contributed by atoms with Crippen LogP contribution in [0.15, 0.2) is 43.0 Å². The summed E-state index contributed by atoms with van der Waals surface area (Å²) in [6.45, 7) is 0.642. The molecule has 0 aliphatic rings. The Bertz CT molecular complexity index is 659. The lowest BCUT2D eigenvalue weighted by molar-refractivity contribution is 0.947. The number of pyridine rings is 2. The van der Waals surface area contributed by atoms with E-state index in [2.05, 4.69) is 20.3 Å². The molecule has 0 saturated carbocycles. The van der Waals surface area contributed by atoms with Gasteiger partial charge in [-0.25, -0.2) is 9.97 Å². The Morgan fingerprint density at radius 3 is 2.89 bits per heavy atom. The van der Waals surface area contributed by atoms with Crippen LogP contribution in [0.2, 0.25) is 0 Å². The van der Waals surface area contributed by atoms with Crippen molar-refractivity contribution < 1.29 is 0 Å². The Hall–Kier alpha value is -2.43. The van der Waals surface area contributed by atoms with Crippen LogP contribution >= 0.6 is 0 Å². The fourth-order valence-electron chi connectivity index (χ4n) is 1.87. The van der Waals surface area contributed by atoms with Gasteiger partial charge in [0.15, 0.2) is 5.82 Å². The summed E-state index contributed by atoms with van der Waals surface area (Å²) in [5.41, 5.74) is 2.93. The van der Waals surface area contributed by atoms with E-state index in [1.165, 1.54) is 0 Å². The second kappa shape index (κ2) is 4.44. The van der Waals surface area contributed by atoms with E-state index in [0.717, 1.165) is 22.5 Å². The Labute approximate surface area is 105 Å². The molecule has 0 aromatic carbocycles. The highest BCUT2D eigenvalue weighted by molar-refractivity contribution is 5.85. The van der Waals surface area contributed by atoms with Gasteiger partial charge in [0.1, 0.15) is 5.52 Å². The summed E-state index contributed by atoms with van der Waals surface area (Å²) >= 11 is 0. The molecular weight excluding hydrogens is 226 g/mol. The fourth-order valence-corrected chi connectivity index (χ4v) is 1.87. The van der Waals surface area contributed by atoms with Gasteiger partial charge in [0.2, 0.25) is 0 Å². The summed E-state index contributed by atoms with van der Waals surface area (Å²) in [6, 6.07) is 7.81. The molecule has 90 valence electrons. The fraction of sp³-hybridized carbons (Fsp3) is 0.154. The third kappa shape index (κ3) is 1.90. The molecule has 0 spiro atoms. The zero-order valence-electron chi connectivity index (χ0n) is 10.0.